The summed E-state index contributed by atoms with van der Waals surface area (Å²) in [5.41, 5.74) is 4.40. The van der Waals surface area contributed by atoms with Crippen molar-refractivity contribution in [3.05, 3.63) is 29.0 Å². The highest BCUT2D eigenvalue weighted by molar-refractivity contribution is 5.97. The first-order valence-electron chi connectivity index (χ1n) is 10.0. The number of rotatable bonds is 4. The van der Waals surface area contributed by atoms with Crippen LogP contribution in [0.4, 0.5) is 4.79 Å². The smallest absolute Gasteiger partial charge is 0.409 e. The third-order valence-corrected chi connectivity index (χ3v) is 5.67. The molecular weight excluding hydrogens is 388 g/mol. The number of piperazine rings is 1. The summed E-state index contributed by atoms with van der Waals surface area (Å²) in [6.07, 6.45) is 0.282. The van der Waals surface area contributed by atoms with Crippen LogP contribution in [-0.4, -0.2) is 78.6 Å². The van der Waals surface area contributed by atoms with E-state index >= 15 is 0 Å². The topological polar surface area (TPSA) is 86.1 Å². The van der Waals surface area contributed by atoms with Gasteiger partial charge in [0.2, 0.25) is 0 Å². The average Bonchev–Trinajstić information content (AvgIpc) is 3.29. The maximum Gasteiger partial charge on any atom is 0.409 e. The number of nitrogens with zero attached hydrogens (tertiary/aromatic N) is 4. The van der Waals surface area contributed by atoms with Crippen LogP contribution >= 0.6 is 0 Å². The SMILES string of the molecule is CCOC(=O)N1CCN(C(=O)c2nn(C)c3c2Cc2cc(OC)c(OC)cc2-3)CC1. The second-order valence-corrected chi connectivity index (χ2v) is 7.32. The molecule has 0 saturated carbocycles. The number of methoxy groups -OCH3 is 2. The van der Waals surface area contributed by atoms with Crippen molar-refractivity contribution in [3.63, 3.8) is 0 Å². The van der Waals surface area contributed by atoms with Gasteiger partial charge in [-0.05, 0) is 24.6 Å². The molecular formula is C21H26N4O5. The quantitative estimate of drug-likeness (QED) is 0.648. The highest BCUT2D eigenvalue weighted by Gasteiger charge is 2.34. The number of ether oxygens (including phenoxy) is 3. The number of benzene rings is 1. The molecule has 4 rings (SSSR count). The minimum atomic E-state index is -0.332. The van der Waals surface area contributed by atoms with E-state index in [1.165, 1.54) is 0 Å². The summed E-state index contributed by atoms with van der Waals surface area (Å²) >= 11 is 0. The lowest BCUT2D eigenvalue weighted by molar-refractivity contribution is 0.0564. The van der Waals surface area contributed by atoms with E-state index in [2.05, 4.69) is 5.10 Å². The van der Waals surface area contributed by atoms with Crippen LogP contribution in [0, 0.1) is 0 Å². The van der Waals surface area contributed by atoms with E-state index < -0.39 is 0 Å². The summed E-state index contributed by atoms with van der Waals surface area (Å²) in [5.74, 6) is 1.20. The molecule has 9 heteroatoms. The van der Waals surface area contributed by atoms with Crippen LogP contribution in [0.15, 0.2) is 12.1 Å². The van der Waals surface area contributed by atoms with Crippen LogP contribution in [0.1, 0.15) is 28.5 Å². The number of hydrogen-bond donors (Lipinski definition) is 0. The Kier molecular flexibility index (Phi) is 5.27. The van der Waals surface area contributed by atoms with Gasteiger partial charge in [0.25, 0.3) is 5.91 Å². The van der Waals surface area contributed by atoms with E-state index in [1.54, 1.807) is 35.6 Å². The number of fused-ring (bicyclic) bond motifs is 3. The van der Waals surface area contributed by atoms with Gasteiger partial charge in [-0.25, -0.2) is 4.79 Å². The highest BCUT2D eigenvalue weighted by atomic mass is 16.6. The van der Waals surface area contributed by atoms with Crippen LogP contribution in [0.5, 0.6) is 11.5 Å². The lowest BCUT2D eigenvalue weighted by Crippen LogP contribution is -2.51. The van der Waals surface area contributed by atoms with Crippen LogP contribution in [-0.2, 0) is 18.2 Å². The van der Waals surface area contributed by atoms with Crippen molar-refractivity contribution < 1.29 is 23.8 Å². The molecule has 2 heterocycles. The molecule has 0 radical (unpaired) electrons. The number of hydrogen-bond acceptors (Lipinski definition) is 6. The number of aryl methyl sites for hydroxylation is 1. The van der Waals surface area contributed by atoms with Crippen molar-refractivity contribution in [1.29, 1.82) is 0 Å². The summed E-state index contributed by atoms with van der Waals surface area (Å²) in [4.78, 5) is 28.5. The molecule has 30 heavy (non-hydrogen) atoms. The normalized spacial score (nSPS) is 14.9. The minimum Gasteiger partial charge on any atom is -0.493 e. The fourth-order valence-corrected chi connectivity index (χ4v) is 4.18. The number of aromatic nitrogens is 2. The highest BCUT2D eigenvalue weighted by Crippen LogP contribution is 2.43. The molecule has 0 bridgehead atoms. The number of carbonyl (C=O) groups is 2. The molecule has 1 aliphatic heterocycles. The van der Waals surface area contributed by atoms with Crippen LogP contribution in [0.2, 0.25) is 0 Å². The van der Waals surface area contributed by atoms with Gasteiger partial charge in [0, 0.05) is 50.8 Å². The third kappa shape index (κ3) is 3.24. The maximum absolute atomic E-state index is 13.2. The Hall–Kier alpha value is -3.23. The van der Waals surface area contributed by atoms with E-state index in [4.69, 9.17) is 14.2 Å². The summed E-state index contributed by atoms with van der Waals surface area (Å²) in [7, 11) is 5.06. The molecule has 1 aromatic carbocycles. The van der Waals surface area contributed by atoms with Crippen LogP contribution in [0.3, 0.4) is 0 Å². The van der Waals surface area contributed by atoms with E-state index in [1.807, 2.05) is 19.2 Å². The minimum absolute atomic E-state index is 0.109. The molecule has 9 nitrogen and oxygen atoms in total. The lowest BCUT2D eigenvalue weighted by atomic mass is 10.1. The Balaban J connectivity index is 1.57. The van der Waals surface area contributed by atoms with Gasteiger partial charge >= 0.3 is 6.09 Å². The molecule has 1 aliphatic carbocycles. The summed E-state index contributed by atoms with van der Waals surface area (Å²) in [5, 5.41) is 4.54. The maximum atomic E-state index is 13.2. The summed E-state index contributed by atoms with van der Waals surface area (Å²) in [6.45, 7) is 3.94. The standard InChI is InChI=1S/C21H26N4O5/c1-5-30-21(27)25-8-6-24(7-9-25)20(26)18-15-10-13-11-16(28-3)17(29-4)12-14(13)19(15)23(2)22-18/h11-12H,5-10H2,1-4H3. The zero-order valence-corrected chi connectivity index (χ0v) is 17.7. The van der Waals surface area contributed by atoms with Gasteiger partial charge in [-0.1, -0.05) is 0 Å². The molecule has 160 valence electrons. The molecule has 1 saturated heterocycles. The third-order valence-electron chi connectivity index (χ3n) is 5.67. The lowest BCUT2D eigenvalue weighted by Gasteiger charge is -2.33. The first kappa shape index (κ1) is 20.1. The van der Waals surface area contributed by atoms with Gasteiger partial charge < -0.3 is 24.0 Å². The second kappa shape index (κ2) is 7.89. The molecule has 2 aliphatic rings. The molecule has 0 spiro atoms. The Bertz CT molecular complexity index is 992. The second-order valence-electron chi connectivity index (χ2n) is 7.32. The number of amides is 2. The fourth-order valence-electron chi connectivity index (χ4n) is 4.18. The summed E-state index contributed by atoms with van der Waals surface area (Å²) in [6, 6.07) is 3.90. The van der Waals surface area contributed by atoms with Crippen molar-refractivity contribution in [2.45, 2.75) is 13.3 Å². The van der Waals surface area contributed by atoms with Crippen molar-refractivity contribution in [3.8, 4) is 22.8 Å². The van der Waals surface area contributed by atoms with E-state index in [9.17, 15) is 9.59 Å². The summed E-state index contributed by atoms with van der Waals surface area (Å²) < 4.78 is 17.7. The van der Waals surface area contributed by atoms with Crippen molar-refractivity contribution in [1.82, 2.24) is 19.6 Å². The molecule has 0 atom stereocenters. The zero-order chi connectivity index (χ0) is 21.4. The van der Waals surface area contributed by atoms with Gasteiger partial charge in [0.1, 0.15) is 0 Å². The molecule has 2 aromatic rings. The molecule has 1 fully saturated rings. The van der Waals surface area contributed by atoms with Gasteiger partial charge in [0.05, 0.1) is 26.5 Å². The first-order valence-corrected chi connectivity index (χ1v) is 10.0. The zero-order valence-electron chi connectivity index (χ0n) is 17.7. The molecule has 1 aromatic heterocycles. The molecule has 0 N–H and O–H groups in total. The fraction of sp³-hybridized carbons (Fsp3) is 0.476. The van der Waals surface area contributed by atoms with Crippen molar-refractivity contribution in [2.24, 2.45) is 7.05 Å². The first-order chi connectivity index (χ1) is 14.5. The van der Waals surface area contributed by atoms with Gasteiger partial charge in [-0.15, -0.1) is 0 Å². The largest absolute Gasteiger partial charge is 0.493 e. The van der Waals surface area contributed by atoms with E-state index in [0.717, 1.165) is 22.4 Å². The predicted molar refractivity (Wildman–Crippen MR) is 109 cm³/mol. The van der Waals surface area contributed by atoms with Crippen molar-refractivity contribution >= 4 is 12.0 Å². The Morgan fingerprint density at radius 3 is 2.30 bits per heavy atom. The van der Waals surface area contributed by atoms with E-state index in [0.29, 0.717) is 56.4 Å². The Morgan fingerprint density at radius 1 is 1.03 bits per heavy atom. The average molecular weight is 414 g/mol. The van der Waals surface area contributed by atoms with E-state index in [-0.39, 0.29) is 12.0 Å². The van der Waals surface area contributed by atoms with Gasteiger partial charge in [0.15, 0.2) is 17.2 Å². The Morgan fingerprint density at radius 2 is 1.67 bits per heavy atom. The molecule has 2 amide bonds. The predicted octanol–water partition coefficient (Wildman–Crippen LogP) is 1.92. The van der Waals surface area contributed by atoms with Crippen LogP contribution in [0.25, 0.3) is 11.3 Å². The van der Waals surface area contributed by atoms with Crippen LogP contribution < -0.4 is 9.47 Å². The molecule has 0 unspecified atom stereocenters. The monoisotopic (exact) mass is 414 g/mol. The Labute approximate surface area is 175 Å². The van der Waals surface area contributed by atoms with Crippen molar-refractivity contribution in [2.75, 3.05) is 47.0 Å². The number of carbonyl (C=O) groups excluding carboxylic acids is 2. The van der Waals surface area contributed by atoms with Gasteiger partial charge in [-0.3, -0.25) is 9.48 Å². The van der Waals surface area contributed by atoms with Gasteiger partial charge in [-0.2, -0.15) is 5.10 Å².